The van der Waals surface area contributed by atoms with Gasteiger partial charge in [0.2, 0.25) is 0 Å². The quantitative estimate of drug-likeness (QED) is 0.826. The van der Waals surface area contributed by atoms with Crippen molar-refractivity contribution < 1.29 is 23.0 Å². The summed E-state index contributed by atoms with van der Waals surface area (Å²) in [6, 6.07) is 4.81. The van der Waals surface area contributed by atoms with Gasteiger partial charge in [-0.1, -0.05) is 0 Å². The van der Waals surface area contributed by atoms with E-state index in [1.54, 1.807) is 11.0 Å². The number of benzene rings is 1. The SMILES string of the molecule is COc1ccc(C(=O)N2CCC(N3CCCC3)C2)cc1OC(F)F. The van der Waals surface area contributed by atoms with Crippen LogP contribution in [0.25, 0.3) is 0 Å². The van der Waals surface area contributed by atoms with E-state index in [-0.39, 0.29) is 17.4 Å². The van der Waals surface area contributed by atoms with Gasteiger partial charge >= 0.3 is 6.61 Å². The van der Waals surface area contributed by atoms with Crippen LogP contribution in [0.4, 0.5) is 8.78 Å². The molecule has 3 rings (SSSR count). The third-order valence-electron chi connectivity index (χ3n) is 4.73. The molecule has 5 nitrogen and oxygen atoms in total. The number of methoxy groups -OCH3 is 1. The molecule has 0 saturated carbocycles. The molecule has 1 atom stereocenters. The summed E-state index contributed by atoms with van der Waals surface area (Å²) in [7, 11) is 1.37. The van der Waals surface area contributed by atoms with E-state index in [9.17, 15) is 13.6 Å². The van der Waals surface area contributed by atoms with Crippen LogP contribution in [0, 0.1) is 0 Å². The second kappa shape index (κ2) is 7.34. The normalized spacial score (nSPS) is 21.5. The molecule has 1 amide bonds. The topological polar surface area (TPSA) is 42.0 Å². The third-order valence-corrected chi connectivity index (χ3v) is 4.73. The van der Waals surface area contributed by atoms with Crippen LogP contribution in [-0.2, 0) is 0 Å². The number of alkyl halides is 2. The van der Waals surface area contributed by atoms with Gasteiger partial charge in [0.05, 0.1) is 7.11 Å². The van der Waals surface area contributed by atoms with Crippen LogP contribution in [0.5, 0.6) is 11.5 Å². The first-order chi connectivity index (χ1) is 11.6. The van der Waals surface area contributed by atoms with E-state index in [1.165, 1.54) is 32.1 Å². The molecule has 0 radical (unpaired) electrons. The highest BCUT2D eigenvalue weighted by Crippen LogP contribution is 2.30. The maximum Gasteiger partial charge on any atom is 0.387 e. The molecule has 24 heavy (non-hydrogen) atoms. The number of hydrogen-bond acceptors (Lipinski definition) is 4. The maximum atomic E-state index is 12.7. The van der Waals surface area contributed by atoms with Gasteiger partial charge in [-0.25, -0.2) is 0 Å². The second-order valence-corrected chi connectivity index (χ2v) is 6.18. The summed E-state index contributed by atoms with van der Waals surface area (Å²) in [5, 5.41) is 0. The average Bonchev–Trinajstić information content (AvgIpc) is 3.24. The van der Waals surface area contributed by atoms with Crippen LogP contribution in [0.2, 0.25) is 0 Å². The molecule has 1 aromatic rings. The molecule has 2 saturated heterocycles. The van der Waals surface area contributed by atoms with Crippen molar-refractivity contribution in [3.8, 4) is 11.5 Å². The lowest BCUT2D eigenvalue weighted by Gasteiger charge is -2.23. The number of hydrogen-bond donors (Lipinski definition) is 0. The molecule has 7 heteroatoms. The Morgan fingerprint density at radius 2 is 1.96 bits per heavy atom. The molecule has 2 heterocycles. The Hall–Kier alpha value is -1.89. The molecule has 0 bridgehead atoms. The predicted octanol–water partition coefficient (Wildman–Crippen LogP) is 2.61. The Morgan fingerprint density at radius 1 is 1.21 bits per heavy atom. The molecule has 2 aliphatic rings. The van der Waals surface area contributed by atoms with Crippen LogP contribution in [0.15, 0.2) is 18.2 Å². The van der Waals surface area contributed by atoms with Crippen LogP contribution in [0.3, 0.4) is 0 Å². The number of likely N-dealkylation sites (tertiary alicyclic amines) is 2. The summed E-state index contributed by atoms with van der Waals surface area (Å²) < 4.78 is 34.5. The zero-order valence-electron chi connectivity index (χ0n) is 13.7. The van der Waals surface area contributed by atoms with Gasteiger partial charge in [-0.05, 0) is 50.6 Å². The van der Waals surface area contributed by atoms with E-state index >= 15 is 0 Å². The molecule has 0 N–H and O–H groups in total. The van der Waals surface area contributed by atoms with Crippen LogP contribution in [-0.4, -0.2) is 61.6 Å². The number of halogens is 2. The first kappa shape index (κ1) is 17.0. The molecular weight excluding hydrogens is 318 g/mol. The van der Waals surface area contributed by atoms with Crippen molar-refractivity contribution in [3.05, 3.63) is 23.8 Å². The van der Waals surface area contributed by atoms with Gasteiger partial charge in [0, 0.05) is 24.7 Å². The molecular formula is C17H22F2N2O3. The lowest BCUT2D eigenvalue weighted by molar-refractivity contribution is -0.0512. The van der Waals surface area contributed by atoms with Gasteiger partial charge in [0.15, 0.2) is 11.5 Å². The standard InChI is InChI=1S/C17H22F2N2O3/c1-23-14-5-4-12(10-15(14)24-17(18)19)16(22)21-9-6-13(11-21)20-7-2-3-8-20/h4-5,10,13,17H,2-3,6-9,11H2,1H3. The minimum absolute atomic E-state index is 0.117. The van der Waals surface area contributed by atoms with Gasteiger partial charge in [0.25, 0.3) is 5.91 Å². The van der Waals surface area contributed by atoms with Gasteiger partial charge in [-0.3, -0.25) is 9.69 Å². The van der Waals surface area contributed by atoms with Crippen molar-refractivity contribution in [1.82, 2.24) is 9.80 Å². The summed E-state index contributed by atoms with van der Waals surface area (Å²) in [6.45, 7) is 0.617. The van der Waals surface area contributed by atoms with Crippen molar-refractivity contribution in [2.45, 2.75) is 31.9 Å². The number of rotatable bonds is 5. The first-order valence-corrected chi connectivity index (χ1v) is 8.24. The van der Waals surface area contributed by atoms with Gasteiger partial charge in [0.1, 0.15) is 0 Å². The number of carbonyl (C=O) groups is 1. The van der Waals surface area contributed by atoms with E-state index in [0.717, 1.165) is 19.5 Å². The number of nitrogens with zero attached hydrogens (tertiary/aromatic N) is 2. The number of amides is 1. The van der Waals surface area contributed by atoms with Crippen molar-refractivity contribution in [2.24, 2.45) is 0 Å². The fourth-order valence-electron chi connectivity index (χ4n) is 3.51. The summed E-state index contributed by atoms with van der Waals surface area (Å²) in [4.78, 5) is 16.9. The highest BCUT2D eigenvalue weighted by molar-refractivity contribution is 5.95. The lowest BCUT2D eigenvalue weighted by Crippen LogP contribution is -2.37. The maximum absolute atomic E-state index is 12.7. The smallest absolute Gasteiger partial charge is 0.387 e. The Balaban J connectivity index is 1.70. The average molecular weight is 340 g/mol. The van der Waals surface area contributed by atoms with E-state index in [2.05, 4.69) is 9.64 Å². The Bertz CT molecular complexity index is 591. The predicted molar refractivity (Wildman–Crippen MR) is 84.7 cm³/mol. The molecule has 0 aromatic heterocycles. The fraction of sp³-hybridized carbons (Fsp3) is 0.588. The Kier molecular flexibility index (Phi) is 5.18. The molecule has 1 aromatic carbocycles. The van der Waals surface area contributed by atoms with Crippen molar-refractivity contribution in [3.63, 3.8) is 0 Å². The monoisotopic (exact) mass is 340 g/mol. The van der Waals surface area contributed by atoms with Crippen molar-refractivity contribution in [1.29, 1.82) is 0 Å². The fourth-order valence-corrected chi connectivity index (χ4v) is 3.51. The van der Waals surface area contributed by atoms with Crippen LogP contribution < -0.4 is 9.47 Å². The summed E-state index contributed by atoms with van der Waals surface area (Å²) in [6.07, 6.45) is 3.40. The largest absolute Gasteiger partial charge is 0.493 e. The van der Waals surface area contributed by atoms with Crippen molar-refractivity contribution in [2.75, 3.05) is 33.3 Å². The molecule has 2 aliphatic heterocycles. The Labute approximate surface area is 140 Å². The molecule has 0 spiro atoms. The van der Waals surface area contributed by atoms with E-state index < -0.39 is 6.61 Å². The highest BCUT2D eigenvalue weighted by Gasteiger charge is 2.32. The highest BCUT2D eigenvalue weighted by atomic mass is 19.3. The summed E-state index contributed by atoms with van der Waals surface area (Å²) >= 11 is 0. The molecule has 1 unspecified atom stereocenters. The second-order valence-electron chi connectivity index (χ2n) is 6.18. The van der Waals surface area contributed by atoms with E-state index in [1.807, 2.05) is 0 Å². The Morgan fingerprint density at radius 3 is 2.62 bits per heavy atom. The lowest BCUT2D eigenvalue weighted by atomic mass is 10.1. The van der Waals surface area contributed by atoms with E-state index in [0.29, 0.717) is 24.7 Å². The third kappa shape index (κ3) is 3.61. The zero-order valence-corrected chi connectivity index (χ0v) is 13.7. The summed E-state index contributed by atoms with van der Waals surface area (Å²) in [5.74, 6) is -0.0877. The zero-order chi connectivity index (χ0) is 17.1. The summed E-state index contributed by atoms with van der Waals surface area (Å²) in [5.41, 5.74) is 0.341. The molecule has 0 aliphatic carbocycles. The number of ether oxygens (including phenoxy) is 2. The van der Waals surface area contributed by atoms with Crippen LogP contribution >= 0.6 is 0 Å². The van der Waals surface area contributed by atoms with E-state index in [4.69, 9.17) is 4.74 Å². The minimum atomic E-state index is -2.96. The van der Waals surface area contributed by atoms with Crippen LogP contribution in [0.1, 0.15) is 29.6 Å². The van der Waals surface area contributed by atoms with Gasteiger partial charge in [-0.2, -0.15) is 8.78 Å². The molecule has 2 fully saturated rings. The van der Waals surface area contributed by atoms with Crippen molar-refractivity contribution >= 4 is 5.91 Å². The first-order valence-electron chi connectivity index (χ1n) is 8.24. The van der Waals surface area contributed by atoms with Gasteiger partial charge < -0.3 is 14.4 Å². The van der Waals surface area contributed by atoms with Gasteiger partial charge in [-0.15, -0.1) is 0 Å². The molecule has 132 valence electrons. The number of carbonyl (C=O) groups excluding carboxylic acids is 1. The minimum Gasteiger partial charge on any atom is -0.493 e.